The van der Waals surface area contributed by atoms with Gasteiger partial charge in [-0.25, -0.2) is 0 Å². The number of alkyl halides is 3. The molecular formula is C14H21F3N2. The predicted octanol–water partition coefficient (Wildman–Crippen LogP) is 3.70. The van der Waals surface area contributed by atoms with Gasteiger partial charge in [0.15, 0.2) is 0 Å². The minimum Gasteiger partial charge on any atom is -0.381 e. The third-order valence-corrected chi connectivity index (χ3v) is 2.93. The number of rotatable bonds is 5. The van der Waals surface area contributed by atoms with Gasteiger partial charge >= 0.3 is 6.18 Å². The second kappa shape index (κ2) is 6.28. The van der Waals surface area contributed by atoms with Gasteiger partial charge in [0.25, 0.3) is 0 Å². The quantitative estimate of drug-likeness (QED) is 0.880. The Kier molecular flexibility index (Phi) is 5.23. The number of hydrogen-bond donors (Lipinski definition) is 1. The summed E-state index contributed by atoms with van der Waals surface area (Å²) in [5.41, 5.74) is 0.0975. The maximum atomic E-state index is 12.5. The van der Waals surface area contributed by atoms with E-state index in [4.69, 9.17) is 0 Å². The molecule has 1 unspecified atom stereocenters. The zero-order chi connectivity index (χ0) is 14.6. The fraction of sp³-hybridized carbons (Fsp3) is 0.571. The first-order chi connectivity index (χ1) is 8.70. The molecule has 0 radical (unpaired) electrons. The van der Waals surface area contributed by atoms with Gasteiger partial charge in [0.05, 0.1) is 5.56 Å². The topological polar surface area (TPSA) is 15.3 Å². The fourth-order valence-corrected chi connectivity index (χ4v) is 1.79. The molecule has 1 aromatic carbocycles. The molecule has 0 aliphatic heterocycles. The molecule has 0 bridgehead atoms. The van der Waals surface area contributed by atoms with E-state index in [1.807, 2.05) is 14.1 Å². The number of likely N-dealkylation sites (N-methyl/N-ethyl adjacent to an activating group) is 1. The molecule has 0 aliphatic carbocycles. The second-order valence-electron chi connectivity index (χ2n) is 5.33. The van der Waals surface area contributed by atoms with E-state index in [9.17, 15) is 13.2 Å². The maximum Gasteiger partial charge on any atom is 0.416 e. The van der Waals surface area contributed by atoms with Crippen molar-refractivity contribution in [2.24, 2.45) is 5.92 Å². The molecule has 0 heterocycles. The van der Waals surface area contributed by atoms with E-state index in [0.29, 0.717) is 11.6 Å². The maximum absolute atomic E-state index is 12.5. The average Bonchev–Trinajstić information content (AvgIpc) is 2.27. The monoisotopic (exact) mass is 274 g/mol. The lowest BCUT2D eigenvalue weighted by atomic mass is 10.0. The van der Waals surface area contributed by atoms with E-state index < -0.39 is 11.7 Å². The first-order valence-electron chi connectivity index (χ1n) is 6.28. The first kappa shape index (κ1) is 15.8. The number of nitrogens with zero attached hydrogens (tertiary/aromatic N) is 1. The van der Waals surface area contributed by atoms with Crippen molar-refractivity contribution in [3.05, 3.63) is 29.8 Å². The standard InChI is InChI=1S/C14H21F3N2/c1-10(2)13(9-19(3)4)18-12-7-5-11(6-8-12)14(15,16)17/h5-8,10,13,18H,9H2,1-4H3. The molecule has 0 amide bonds. The lowest BCUT2D eigenvalue weighted by Gasteiger charge is -2.26. The van der Waals surface area contributed by atoms with E-state index in [1.165, 1.54) is 12.1 Å². The molecule has 1 aromatic rings. The molecular weight excluding hydrogens is 253 g/mol. The number of anilines is 1. The van der Waals surface area contributed by atoms with Gasteiger partial charge in [-0.1, -0.05) is 13.8 Å². The van der Waals surface area contributed by atoms with Crippen LogP contribution in [0.5, 0.6) is 0 Å². The van der Waals surface area contributed by atoms with Gasteiger partial charge in [-0.15, -0.1) is 0 Å². The van der Waals surface area contributed by atoms with Gasteiger partial charge in [0.2, 0.25) is 0 Å². The fourth-order valence-electron chi connectivity index (χ4n) is 1.79. The van der Waals surface area contributed by atoms with Gasteiger partial charge in [0.1, 0.15) is 0 Å². The minimum atomic E-state index is -4.28. The highest BCUT2D eigenvalue weighted by Crippen LogP contribution is 2.30. The third-order valence-electron chi connectivity index (χ3n) is 2.93. The Balaban J connectivity index is 2.75. The van der Waals surface area contributed by atoms with Crippen molar-refractivity contribution in [2.75, 3.05) is 26.0 Å². The Morgan fingerprint density at radius 3 is 2.00 bits per heavy atom. The van der Waals surface area contributed by atoms with Crippen molar-refractivity contribution in [1.29, 1.82) is 0 Å². The predicted molar refractivity (Wildman–Crippen MR) is 72.2 cm³/mol. The normalized spacial score (nSPS) is 13.9. The highest BCUT2D eigenvalue weighted by Gasteiger charge is 2.30. The molecule has 5 heteroatoms. The zero-order valence-corrected chi connectivity index (χ0v) is 11.8. The summed E-state index contributed by atoms with van der Waals surface area (Å²) in [4.78, 5) is 2.06. The number of halogens is 3. The van der Waals surface area contributed by atoms with Crippen molar-refractivity contribution >= 4 is 5.69 Å². The Bertz CT molecular complexity index is 383. The van der Waals surface area contributed by atoms with E-state index >= 15 is 0 Å². The van der Waals surface area contributed by atoms with Crippen LogP contribution >= 0.6 is 0 Å². The van der Waals surface area contributed by atoms with Crippen molar-refractivity contribution in [3.8, 4) is 0 Å². The lowest BCUT2D eigenvalue weighted by Crippen LogP contribution is -2.36. The molecule has 0 aliphatic rings. The summed E-state index contributed by atoms with van der Waals surface area (Å²) in [7, 11) is 3.95. The highest BCUT2D eigenvalue weighted by atomic mass is 19.4. The molecule has 0 aromatic heterocycles. The summed E-state index contributed by atoms with van der Waals surface area (Å²) in [6.45, 7) is 5.01. The Hall–Kier alpha value is -1.23. The van der Waals surface area contributed by atoms with Crippen molar-refractivity contribution in [1.82, 2.24) is 4.90 Å². The molecule has 2 nitrogen and oxygen atoms in total. The highest BCUT2D eigenvalue weighted by molar-refractivity contribution is 5.46. The molecule has 0 spiro atoms. The Morgan fingerprint density at radius 1 is 1.11 bits per heavy atom. The van der Waals surface area contributed by atoms with Crippen LogP contribution in [0.15, 0.2) is 24.3 Å². The lowest BCUT2D eigenvalue weighted by molar-refractivity contribution is -0.137. The Labute approximate surface area is 112 Å². The zero-order valence-electron chi connectivity index (χ0n) is 11.8. The molecule has 1 N–H and O–H groups in total. The summed E-state index contributed by atoms with van der Waals surface area (Å²) in [5, 5.41) is 3.28. The number of benzene rings is 1. The molecule has 0 saturated heterocycles. The van der Waals surface area contributed by atoms with E-state index in [-0.39, 0.29) is 6.04 Å². The van der Waals surface area contributed by atoms with Crippen LogP contribution in [0.4, 0.5) is 18.9 Å². The smallest absolute Gasteiger partial charge is 0.381 e. The summed E-state index contributed by atoms with van der Waals surface area (Å²) in [5.74, 6) is 0.393. The van der Waals surface area contributed by atoms with Crippen LogP contribution in [0.25, 0.3) is 0 Å². The van der Waals surface area contributed by atoms with Crippen molar-refractivity contribution < 1.29 is 13.2 Å². The van der Waals surface area contributed by atoms with Crippen LogP contribution in [0.1, 0.15) is 19.4 Å². The summed E-state index contributed by atoms with van der Waals surface area (Å²) < 4.78 is 37.4. The third kappa shape index (κ3) is 5.11. The molecule has 1 atom stereocenters. The van der Waals surface area contributed by atoms with Gasteiger partial charge < -0.3 is 10.2 Å². The summed E-state index contributed by atoms with van der Waals surface area (Å²) in [6, 6.07) is 5.37. The summed E-state index contributed by atoms with van der Waals surface area (Å²) in [6.07, 6.45) is -4.28. The molecule has 0 fully saturated rings. The van der Waals surface area contributed by atoms with Crippen molar-refractivity contribution in [2.45, 2.75) is 26.1 Å². The second-order valence-corrected chi connectivity index (χ2v) is 5.33. The van der Waals surface area contributed by atoms with Crippen LogP contribution in [0.2, 0.25) is 0 Å². The van der Waals surface area contributed by atoms with Crippen molar-refractivity contribution in [3.63, 3.8) is 0 Å². The Morgan fingerprint density at radius 2 is 1.63 bits per heavy atom. The average molecular weight is 274 g/mol. The molecule has 19 heavy (non-hydrogen) atoms. The van der Waals surface area contributed by atoms with E-state index in [0.717, 1.165) is 18.7 Å². The summed E-state index contributed by atoms with van der Waals surface area (Å²) >= 11 is 0. The van der Waals surface area contributed by atoms with E-state index in [2.05, 4.69) is 24.1 Å². The van der Waals surface area contributed by atoms with Gasteiger partial charge in [-0.2, -0.15) is 13.2 Å². The number of nitrogens with one attached hydrogen (secondary N) is 1. The molecule has 0 saturated carbocycles. The van der Waals surface area contributed by atoms with Crippen LogP contribution in [-0.4, -0.2) is 31.6 Å². The van der Waals surface area contributed by atoms with Crippen LogP contribution in [-0.2, 0) is 6.18 Å². The van der Waals surface area contributed by atoms with Gasteiger partial charge in [-0.3, -0.25) is 0 Å². The van der Waals surface area contributed by atoms with E-state index in [1.54, 1.807) is 0 Å². The van der Waals surface area contributed by atoms with Crippen LogP contribution in [0, 0.1) is 5.92 Å². The minimum absolute atomic E-state index is 0.201. The molecule has 108 valence electrons. The van der Waals surface area contributed by atoms with Gasteiger partial charge in [-0.05, 0) is 44.3 Å². The van der Waals surface area contributed by atoms with Crippen LogP contribution in [0.3, 0.4) is 0 Å². The number of hydrogen-bond acceptors (Lipinski definition) is 2. The van der Waals surface area contributed by atoms with Crippen LogP contribution < -0.4 is 5.32 Å². The first-order valence-corrected chi connectivity index (χ1v) is 6.28. The largest absolute Gasteiger partial charge is 0.416 e. The van der Waals surface area contributed by atoms with Gasteiger partial charge in [0, 0.05) is 18.3 Å². The molecule has 1 rings (SSSR count). The SMILES string of the molecule is CC(C)C(CN(C)C)Nc1ccc(C(F)(F)F)cc1.